The Morgan fingerprint density at radius 2 is 2.10 bits per heavy atom. The maximum Gasteiger partial charge on any atom is 0.416 e. The third kappa shape index (κ3) is 4.82. The number of hydrogen-bond acceptors (Lipinski definition) is 4. The Kier molecular flexibility index (Phi) is 6.42. The third-order valence-corrected chi connectivity index (χ3v) is 3.42. The van der Waals surface area contributed by atoms with Gasteiger partial charge in [-0.3, -0.25) is 0 Å². The van der Waals surface area contributed by atoms with Gasteiger partial charge in [0.05, 0.1) is 10.6 Å². The van der Waals surface area contributed by atoms with Gasteiger partial charge in [0.15, 0.2) is 6.04 Å². The largest absolute Gasteiger partial charge is 0.416 e. The highest BCUT2D eigenvalue weighted by atomic mass is 79.9. The monoisotopic (exact) mass is 406 g/mol. The van der Waals surface area contributed by atoms with Crippen molar-refractivity contribution in [3.05, 3.63) is 27.2 Å². The quantitative estimate of drug-likeness (QED) is 0.602. The van der Waals surface area contributed by atoms with Gasteiger partial charge in [-0.05, 0) is 34.5 Å². The van der Waals surface area contributed by atoms with Crippen LogP contribution >= 0.6 is 39.4 Å². The summed E-state index contributed by atoms with van der Waals surface area (Å²) in [6.07, 6.45) is -4.28. The van der Waals surface area contributed by atoms with Crippen LogP contribution < -0.4 is 0 Å². The second kappa shape index (κ2) is 7.42. The SMILES string of the molecule is CCC(N=Nc1c(Cl)cc(C(F)(F)F)cc1Br)C(=O)OCl. The summed E-state index contributed by atoms with van der Waals surface area (Å²) in [5.74, 6) is -0.818. The molecule has 0 N–H and O–H groups in total. The fourth-order valence-electron chi connectivity index (χ4n) is 1.30. The van der Waals surface area contributed by atoms with E-state index in [0.717, 1.165) is 12.1 Å². The molecule has 0 amide bonds. The minimum atomic E-state index is -4.53. The number of alkyl halides is 3. The van der Waals surface area contributed by atoms with Gasteiger partial charge in [0.2, 0.25) is 0 Å². The number of benzene rings is 1. The van der Waals surface area contributed by atoms with Gasteiger partial charge in [-0.2, -0.15) is 23.4 Å². The number of rotatable bonds is 4. The molecule has 1 aromatic rings. The Hall–Kier alpha value is -0.860. The van der Waals surface area contributed by atoms with Crippen molar-refractivity contribution < 1.29 is 22.3 Å². The Labute approximate surface area is 136 Å². The number of carbonyl (C=O) groups excluding carboxylic acids is 1. The van der Waals surface area contributed by atoms with Crippen molar-refractivity contribution >= 4 is 51.1 Å². The van der Waals surface area contributed by atoms with Crippen LogP contribution in [0.4, 0.5) is 18.9 Å². The summed E-state index contributed by atoms with van der Waals surface area (Å²) in [5, 5.41) is 7.10. The van der Waals surface area contributed by atoms with Crippen molar-refractivity contribution in [2.75, 3.05) is 0 Å². The lowest BCUT2D eigenvalue weighted by Gasteiger charge is -2.10. The Morgan fingerprint density at radius 1 is 1.48 bits per heavy atom. The molecule has 0 aliphatic heterocycles. The van der Waals surface area contributed by atoms with Crippen LogP contribution in [0, 0.1) is 0 Å². The van der Waals surface area contributed by atoms with Gasteiger partial charge in [0.1, 0.15) is 17.6 Å². The summed E-state index contributed by atoms with van der Waals surface area (Å²) < 4.78 is 41.8. The molecule has 116 valence electrons. The molecule has 1 aromatic carbocycles. The molecule has 0 radical (unpaired) electrons. The molecule has 0 saturated heterocycles. The van der Waals surface area contributed by atoms with E-state index in [1.807, 2.05) is 0 Å². The van der Waals surface area contributed by atoms with Crippen LogP contribution in [0.15, 0.2) is 26.8 Å². The Balaban J connectivity index is 3.13. The van der Waals surface area contributed by atoms with Crippen molar-refractivity contribution in [2.45, 2.75) is 25.6 Å². The molecule has 0 aliphatic rings. The van der Waals surface area contributed by atoms with Crippen LogP contribution in [0.5, 0.6) is 0 Å². The Bertz CT molecular complexity index is 544. The van der Waals surface area contributed by atoms with Crippen LogP contribution in [0.25, 0.3) is 0 Å². The van der Waals surface area contributed by atoms with Crippen molar-refractivity contribution in [1.82, 2.24) is 0 Å². The number of azo groups is 1. The van der Waals surface area contributed by atoms with Crippen LogP contribution in [-0.4, -0.2) is 12.0 Å². The van der Waals surface area contributed by atoms with Gasteiger partial charge in [0, 0.05) is 4.47 Å². The highest BCUT2D eigenvalue weighted by molar-refractivity contribution is 9.10. The molecule has 0 bridgehead atoms. The first-order valence-corrected chi connectivity index (χ1v) is 6.98. The van der Waals surface area contributed by atoms with Crippen molar-refractivity contribution in [1.29, 1.82) is 0 Å². The molecule has 21 heavy (non-hydrogen) atoms. The first-order chi connectivity index (χ1) is 9.70. The number of hydrogen-bond donors (Lipinski definition) is 0. The van der Waals surface area contributed by atoms with E-state index in [1.165, 1.54) is 0 Å². The fourth-order valence-corrected chi connectivity index (χ4v) is 2.31. The summed E-state index contributed by atoms with van der Waals surface area (Å²) in [7, 11) is 0. The lowest BCUT2D eigenvalue weighted by atomic mass is 10.2. The first kappa shape index (κ1) is 18.2. The molecule has 4 nitrogen and oxygen atoms in total. The van der Waals surface area contributed by atoms with Gasteiger partial charge < -0.3 is 4.29 Å². The van der Waals surface area contributed by atoms with Crippen molar-refractivity contribution in [3.63, 3.8) is 0 Å². The average Bonchev–Trinajstić information content (AvgIpc) is 2.40. The molecular formula is C11H8BrCl2F3N2O2. The first-order valence-electron chi connectivity index (χ1n) is 5.50. The minimum absolute atomic E-state index is 0.000156. The van der Waals surface area contributed by atoms with Crippen LogP contribution in [-0.2, 0) is 15.3 Å². The van der Waals surface area contributed by atoms with Gasteiger partial charge in [-0.1, -0.05) is 18.5 Å². The average molecular weight is 408 g/mol. The normalized spacial score (nSPS) is 13.5. The fraction of sp³-hybridized carbons (Fsp3) is 0.364. The van der Waals surface area contributed by atoms with Gasteiger partial charge in [-0.25, -0.2) is 4.79 Å². The molecule has 0 spiro atoms. The van der Waals surface area contributed by atoms with Crippen LogP contribution in [0.3, 0.4) is 0 Å². The topological polar surface area (TPSA) is 51.0 Å². The highest BCUT2D eigenvalue weighted by Crippen LogP contribution is 2.40. The molecule has 1 atom stereocenters. The zero-order valence-electron chi connectivity index (χ0n) is 10.4. The third-order valence-electron chi connectivity index (χ3n) is 2.38. The summed E-state index contributed by atoms with van der Waals surface area (Å²) in [6, 6.07) is 0.579. The smallest absolute Gasteiger partial charge is 0.345 e. The summed E-state index contributed by atoms with van der Waals surface area (Å²) in [4.78, 5) is 11.2. The van der Waals surface area contributed by atoms with E-state index in [4.69, 9.17) is 23.5 Å². The molecule has 0 heterocycles. The molecule has 1 unspecified atom stereocenters. The standard InChI is InChI=1S/C11H8BrCl2F3N2O2/c1-2-8(10(20)21-14)18-19-9-6(12)3-5(4-7(9)13)11(15,16)17/h3-4,8H,2H2,1H3. The van der Waals surface area contributed by atoms with E-state index >= 15 is 0 Å². The second-order valence-electron chi connectivity index (χ2n) is 3.82. The number of halogens is 6. The highest BCUT2D eigenvalue weighted by Gasteiger charge is 2.32. The summed E-state index contributed by atoms with van der Waals surface area (Å²) in [5.41, 5.74) is -0.948. The van der Waals surface area contributed by atoms with E-state index in [1.54, 1.807) is 6.92 Å². The minimum Gasteiger partial charge on any atom is -0.345 e. The van der Waals surface area contributed by atoms with E-state index in [-0.39, 0.29) is 21.6 Å². The molecule has 1 rings (SSSR count). The lowest BCUT2D eigenvalue weighted by molar-refractivity contribution is -0.137. The molecule has 0 aliphatic carbocycles. The molecule has 0 fully saturated rings. The lowest BCUT2D eigenvalue weighted by Crippen LogP contribution is -2.16. The van der Waals surface area contributed by atoms with Crippen LogP contribution in [0.2, 0.25) is 5.02 Å². The predicted octanol–water partition coefficient (Wildman–Crippen LogP) is 5.68. The van der Waals surface area contributed by atoms with E-state index in [9.17, 15) is 18.0 Å². The summed E-state index contributed by atoms with van der Waals surface area (Å²) in [6.45, 7) is 1.64. The van der Waals surface area contributed by atoms with Gasteiger partial charge >= 0.3 is 12.1 Å². The van der Waals surface area contributed by atoms with E-state index in [2.05, 4.69) is 30.4 Å². The number of carbonyl (C=O) groups is 1. The summed E-state index contributed by atoms with van der Waals surface area (Å²) >= 11 is 13.6. The molecular weight excluding hydrogens is 400 g/mol. The maximum atomic E-state index is 12.6. The zero-order chi connectivity index (χ0) is 16.2. The second-order valence-corrected chi connectivity index (χ2v) is 5.24. The van der Waals surface area contributed by atoms with Gasteiger partial charge in [-0.15, -0.1) is 0 Å². The predicted molar refractivity (Wildman–Crippen MR) is 74.7 cm³/mol. The maximum absolute atomic E-state index is 12.6. The van der Waals surface area contributed by atoms with Crippen molar-refractivity contribution in [2.24, 2.45) is 10.2 Å². The van der Waals surface area contributed by atoms with Crippen molar-refractivity contribution in [3.8, 4) is 0 Å². The number of nitrogens with zero attached hydrogens (tertiary/aromatic N) is 2. The Morgan fingerprint density at radius 3 is 2.52 bits per heavy atom. The molecule has 10 heteroatoms. The van der Waals surface area contributed by atoms with E-state index < -0.39 is 23.8 Å². The molecule has 0 saturated carbocycles. The van der Waals surface area contributed by atoms with Crippen LogP contribution in [0.1, 0.15) is 18.9 Å². The molecule has 0 aromatic heterocycles. The zero-order valence-corrected chi connectivity index (χ0v) is 13.5. The van der Waals surface area contributed by atoms with E-state index in [0.29, 0.717) is 0 Å². The van der Waals surface area contributed by atoms with Gasteiger partial charge in [0.25, 0.3) is 0 Å².